The largest absolute Gasteiger partial charge is 0.352 e. The number of nitrogens with one attached hydrogen (secondary N) is 1. The van der Waals surface area contributed by atoms with Crippen molar-refractivity contribution in [3.8, 4) is 0 Å². The van der Waals surface area contributed by atoms with Crippen molar-refractivity contribution in [3.63, 3.8) is 0 Å². The van der Waals surface area contributed by atoms with Gasteiger partial charge in [-0.1, -0.05) is 29.8 Å². The summed E-state index contributed by atoms with van der Waals surface area (Å²) >= 11 is 0. The lowest BCUT2D eigenvalue weighted by Crippen LogP contribution is -2.49. The van der Waals surface area contributed by atoms with Crippen molar-refractivity contribution in [3.05, 3.63) is 53.5 Å². The number of hydrogen-bond donors (Lipinski definition) is 1. The molecule has 31 heavy (non-hydrogen) atoms. The number of aryl methyl sites for hydroxylation is 2. The van der Waals surface area contributed by atoms with E-state index in [1.54, 1.807) is 12.5 Å². The molecule has 3 heterocycles. The van der Waals surface area contributed by atoms with Crippen LogP contribution in [0.3, 0.4) is 0 Å². The predicted octanol–water partition coefficient (Wildman–Crippen LogP) is 3.14. The molecule has 0 bridgehead atoms. The van der Waals surface area contributed by atoms with Gasteiger partial charge in [-0.25, -0.2) is 9.97 Å². The molecule has 1 aromatic carbocycles. The average Bonchev–Trinajstić information content (AvgIpc) is 3.56. The minimum Gasteiger partial charge on any atom is -0.352 e. The molecule has 0 atom stereocenters. The number of piperazine rings is 1. The molecule has 1 aliphatic heterocycles. The highest BCUT2D eigenvalue weighted by atomic mass is 16.2. The summed E-state index contributed by atoms with van der Waals surface area (Å²) in [4.78, 5) is 41.5. The topological polar surface area (TPSA) is 82.2 Å². The van der Waals surface area contributed by atoms with Crippen molar-refractivity contribution in [2.75, 3.05) is 31.1 Å². The molecule has 0 spiro atoms. The third-order valence-electron chi connectivity index (χ3n) is 6.34. The lowest BCUT2D eigenvalue weighted by atomic mass is 10.1. The Morgan fingerprint density at radius 1 is 1.06 bits per heavy atom. The predicted molar refractivity (Wildman–Crippen MR) is 119 cm³/mol. The van der Waals surface area contributed by atoms with Gasteiger partial charge in [-0.05, 0) is 31.7 Å². The molecule has 1 amide bonds. The average molecular weight is 418 g/mol. The van der Waals surface area contributed by atoms with Gasteiger partial charge in [0.15, 0.2) is 5.78 Å². The van der Waals surface area contributed by atoms with Crippen LogP contribution in [0.15, 0.2) is 36.8 Å². The standard InChI is InChI=1S/C24H27N5O2/c1-16-2-4-17(5-3-16)6-9-20(30)28-10-12-29(13-11-28)24-21-19(22(31)18-7-8-18)14-25-23(21)26-15-27-24/h2-5,14-15,18H,6-13H2,1H3,(H,25,26,27). The highest BCUT2D eigenvalue weighted by Gasteiger charge is 2.33. The third kappa shape index (κ3) is 4.04. The van der Waals surface area contributed by atoms with Crippen LogP contribution in [0.1, 0.15) is 40.7 Å². The molecule has 7 nitrogen and oxygen atoms in total. The van der Waals surface area contributed by atoms with Crippen molar-refractivity contribution < 1.29 is 9.59 Å². The molecule has 1 aliphatic carbocycles. The van der Waals surface area contributed by atoms with Crippen molar-refractivity contribution in [1.82, 2.24) is 19.9 Å². The van der Waals surface area contributed by atoms with Gasteiger partial charge in [0, 0.05) is 50.3 Å². The maximum Gasteiger partial charge on any atom is 0.223 e. The van der Waals surface area contributed by atoms with Gasteiger partial charge in [-0.15, -0.1) is 0 Å². The Morgan fingerprint density at radius 3 is 2.52 bits per heavy atom. The van der Waals surface area contributed by atoms with Crippen LogP contribution in [0, 0.1) is 12.8 Å². The summed E-state index contributed by atoms with van der Waals surface area (Å²) in [5.74, 6) is 1.32. The lowest BCUT2D eigenvalue weighted by Gasteiger charge is -2.35. The summed E-state index contributed by atoms with van der Waals surface area (Å²) in [6.07, 6.45) is 6.54. The number of amides is 1. The molecule has 3 aromatic rings. The molecule has 0 unspecified atom stereocenters. The van der Waals surface area contributed by atoms with Crippen LogP contribution < -0.4 is 4.90 Å². The van der Waals surface area contributed by atoms with E-state index in [4.69, 9.17) is 0 Å². The fourth-order valence-electron chi connectivity index (χ4n) is 4.28. The first kappa shape index (κ1) is 19.7. The van der Waals surface area contributed by atoms with Gasteiger partial charge in [0.25, 0.3) is 0 Å². The molecular weight excluding hydrogens is 390 g/mol. The van der Waals surface area contributed by atoms with Gasteiger partial charge < -0.3 is 14.8 Å². The molecule has 2 aliphatic rings. The molecule has 1 saturated carbocycles. The van der Waals surface area contributed by atoms with Crippen molar-refractivity contribution >= 4 is 28.5 Å². The minimum atomic E-state index is 0.148. The minimum absolute atomic E-state index is 0.148. The highest BCUT2D eigenvalue weighted by molar-refractivity contribution is 6.12. The van der Waals surface area contributed by atoms with Gasteiger partial charge in [-0.2, -0.15) is 0 Å². The number of aromatic nitrogens is 3. The smallest absolute Gasteiger partial charge is 0.223 e. The number of Topliss-reactive ketones (excluding diaryl/α,β-unsaturated/α-hetero) is 1. The molecule has 0 radical (unpaired) electrons. The zero-order valence-electron chi connectivity index (χ0n) is 17.8. The second kappa shape index (κ2) is 8.13. The Morgan fingerprint density at radius 2 is 1.81 bits per heavy atom. The Hall–Kier alpha value is -3.22. The number of carbonyl (C=O) groups excluding carboxylic acids is 2. The molecule has 2 aromatic heterocycles. The summed E-state index contributed by atoms with van der Waals surface area (Å²) in [6.45, 7) is 4.79. The van der Waals surface area contributed by atoms with Crippen LogP contribution in [0.5, 0.6) is 0 Å². The summed E-state index contributed by atoms with van der Waals surface area (Å²) in [5.41, 5.74) is 3.83. The Bertz CT molecular complexity index is 1110. The molecule has 2 fully saturated rings. The summed E-state index contributed by atoms with van der Waals surface area (Å²) in [7, 11) is 0. The normalized spacial score (nSPS) is 16.7. The second-order valence-corrected chi connectivity index (χ2v) is 8.62. The van der Waals surface area contributed by atoms with E-state index in [1.165, 1.54) is 11.1 Å². The fraction of sp³-hybridized carbons (Fsp3) is 0.417. The number of benzene rings is 1. The van der Waals surface area contributed by atoms with Crippen molar-refractivity contribution in [2.45, 2.75) is 32.6 Å². The van der Waals surface area contributed by atoms with Crippen LogP contribution >= 0.6 is 0 Å². The van der Waals surface area contributed by atoms with Crippen molar-refractivity contribution in [2.24, 2.45) is 5.92 Å². The van der Waals surface area contributed by atoms with Crippen molar-refractivity contribution in [1.29, 1.82) is 0 Å². The first-order valence-electron chi connectivity index (χ1n) is 11.0. The number of rotatable bonds is 6. The van der Waals surface area contributed by atoms with Crippen LogP contribution in [0.4, 0.5) is 5.82 Å². The van der Waals surface area contributed by atoms with Gasteiger partial charge in [-0.3, -0.25) is 9.59 Å². The molecule has 160 valence electrons. The van der Waals surface area contributed by atoms with Crippen LogP contribution in [0.2, 0.25) is 0 Å². The zero-order valence-corrected chi connectivity index (χ0v) is 17.8. The second-order valence-electron chi connectivity index (χ2n) is 8.62. The van der Waals surface area contributed by atoms with E-state index < -0.39 is 0 Å². The van der Waals surface area contributed by atoms with E-state index in [-0.39, 0.29) is 17.6 Å². The molecular formula is C24H27N5O2. The quantitative estimate of drug-likeness (QED) is 0.623. The first-order chi connectivity index (χ1) is 15.1. The first-order valence-corrected chi connectivity index (χ1v) is 11.0. The van der Waals surface area contributed by atoms with E-state index in [2.05, 4.69) is 51.0 Å². The number of anilines is 1. The van der Waals surface area contributed by atoms with E-state index in [0.29, 0.717) is 43.8 Å². The molecule has 7 heteroatoms. The summed E-state index contributed by atoms with van der Waals surface area (Å²) in [6, 6.07) is 8.37. The number of aromatic amines is 1. The van der Waals surface area contributed by atoms with Gasteiger partial charge in [0.1, 0.15) is 17.8 Å². The SMILES string of the molecule is Cc1ccc(CCC(=O)N2CCN(c3ncnc4[nH]cc(C(=O)C5CC5)c34)CC2)cc1. The Kier molecular flexibility index (Phi) is 5.18. The van der Waals surface area contributed by atoms with E-state index in [0.717, 1.165) is 30.5 Å². The van der Waals surface area contributed by atoms with Gasteiger partial charge >= 0.3 is 0 Å². The van der Waals surface area contributed by atoms with Gasteiger partial charge in [0.05, 0.1) is 5.39 Å². The number of carbonyl (C=O) groups is 2. The summed E-state index contributed by atoms with van der Waals surface area (Å²) in [5, 5.41) is 0.818. The highest BCUT2D eigenvalue weighted by Crippen LogP contribution is 2.36. The van der Waals surface area contributed by atoms with Crippen LogP contribution in [-0.2, 0) is 11.2 Å². The molecule has 5 rings (SSSR count). The number of hydrogen-bond acceptors (Lipinski definition) is 5. The fourth-order valence-corrected chi connectivity index (χ4v) is 4.28. The zero-order chi connectivity index (χ0) is 21.4. The number of nitrogens with zero attached hydrogens (tertiary/aromatic N) is 4. The number of H-pyrrole nitrogens is 1. The maximum atomic E-state index is 12.7. The third-order valence-corrected chi connectivity index (χ3v) is 6.34. The van der Waals surface area contributed by atoms with E-state index in [9.17, 15) is 9.59 Å². The Labute approximate surface area is 181 Å². The maximum absolute atomic E-state index is 12.7. The Balaban J connectivity index is 1.24. The molecule has 1 saturated heterocycles. The number of ketones is 1. The monoisotopic (exact) mass is 417 g/mol. The number of fused-ring (bicyclic) bond motifs is 1. The molecule has 1 N–H and O–H groups in total. The van der Waals surface area contributed by atoms with E-state index >= 15 is 0 Å². The lowest BCUT2D eigenvalue weighted by molar-refractivity contribution is -0.131. The van der Waals surface area contributed by atoms with Crippen LogP contribution in [-0.4, -0.2) is 57.7 Å². The van der Waals surface area contributed by atoms with E-state index in [1.807, 2.05) is 4.90 Å². The van der Waals surface area contributed by atoms with Crippen LogP contribution in [0.25, 0.3) is 11.0 Å². The summed E-state index contributed by atoms with van der Waals surface area (Å²) < 4.78 is 0. The van der Waals surface area contributed by atoms with Gasteiger partial charge in [0.2, 0.25) is 5.91 Å².